The maximum Gasteiger partial charge on any atom is 0.266 e. The molecule has 1 aromatic heterocycles. The Kier molecular flexibility index (Phi) is 3.40. The molecule has 2 heterocycles. The van der Waals surface area contributed by atoms with Crippen molar-refractivity contribution < 1.29 is 9.53 Å². The van der Waals surface area contributed by atoms with E-state index >= 15 is 0 Å². The lowest BCUT2D eigenvalue weighted by molar-refractivity contribution is 0.0717. The van der Waals surface area contributed by atoms with E-state index in [9.17, 15) is 4.79 Å². The third kappa shape index (κ3) is 2.17. The third-order valence-corrected chi connectivity index (χ3v) is 5.02. The van der Waals surface area contributed by atoms with Gasteiger partial charge >= 0.3 is 0 Å². The maximum absolute atomic E-state index is 12.6. The highest BCUT2D eigenvalue weighted by Gasteiger charge is 2.27. The van der Waals surface area contributed by atoms with Crippen molar-refractivity contribution in [2.24, 2.45) is 0 Å². The van der Waals surface area contributed by atoms with Gasteiger partial charge in [-0.3, -0.25) is 4.79 Å². The van der Waals surface area contributed by atoms with Crippen LogP contribution in [-0.2, 0) is 4.74 Å². The number of nitrogens with two attached hydrogens (primary N) is 1. The first-order valence-electron chi connectivity index (χ1n) is 6.71. The SMILES string of the molecule is Cc1ccc2sc(C(=O)N(C)C3CCOC3)c(N)c2c1. The minimum atomic E-state index is -0.00291. The van der Waals surface area contributed by atoms with E-state index in [1.54, 1.807) is 4.90 Å². The second kappa shape index (κ2) is 5.07. The highest BCUT2D eigenvalue weighted by molar-refractivity contribution is 7.21. The van der Waals surface area contributed by atoms with Gasteiger partial charge in [0.1, 0.15) is 4.88 Å². The van der Waals surface area contributed by atoms with Gasteiger partial charge in [0.25, 0.3) is 5.91 Å². The van der Waals surface area contributed by atoms with Crippen LogP contribution < -0.4 is 5.73 Å². The molecule has 3 rings (SSSR count). The number of ether oxygens (including phenoxy) is 1. The van der Waals surface area contributed by atoms with E-state index in [1.807, 2.05) is 32.2 Å². The number of likely N-dealkylation sites (N-methyl/N-ethyl adjacent to an activating group) is 1. The summed E-state index contributed by atoms with van der Waals surface area (Å²) in [6.45, 7) is 3.37. The van der Waals surface area contributed by atoms with Gasteiger partial charge in [0.05, 0.1) is 18.3 Å². The fourth-order valence-electron chi connectivity index (χ4n) is 2.54. The van der Waals surface area contributed by atoms with E-state index in [-0.39, 0.29) is 11.9 Å². The van der Waals surface area contributed by atoms with E-state index in [0.717, 1.165) is 28.7 Å². The Morgan fingerprint density at radius 3 is 3.00 bits per heavy atom. The molecule has 4 nitrogen and oxygen atoms in total. The number of nitrogens with zero attached hydrogens (tertiary/aromatic N) is 1. The molecule has 106 valence electrons. The van der Waals surface area contributed by atoms with E-state index < -0.39 is 0 Å². The molecule has 1 aliphatic heterocycles. The zero-order valence-corrected chi connectivity index (χ0v) is 12.5. The Morgan fingerprint density at radius 2 is 2.30 bits per heavy atom. The second-order valence-electron chi connectivity index (χ2n) is 5.28. The van der Waals surface area contributed by atoms with E-state index in [0.29, 0.717) is 17.2 Å². The summed E-state index contributed by atoms with van der Waals surface area (Å²) in [7, 11) is 1.83. The first-order valence-corrected chi connectivity index (χ1v) is 7.53. The molecule has 0 bridgehead atoms. The number of hydrogen-bond donors (Lipinski definition) is 1. The fourth-order valence-corrected chi connectivity index (χ4v) is 3.63. The first-order chi connectivity index (χ1) is 9.58. The minimum Gasteiger partial charge on any atom is -0.397 e. The number of carbonyl (C=O) groups excluding carboxylic acids is 1. The monoisotopic (exact) mass is 290 g/mol. The maximum atomic E-state index is 12.6. The number of nitrogen functional groups attached to an aromatic ring is 1. The van der Waals surface area contributed by atoms with Crippen molar-refractivity contribution in [3.8, 4) is 0 Å². The molecule has 20 heavy (non-hydrogen) atoms. The number of amides is 1. The number of benzene rings is 1. The molecule has 0 spiro atoms. The summed E-state index contributed by atoms with van der Waals surface area (Å²) in [5.41, 5.74) is 7.93. The molecule has 0 radical (unpaired) electrons. The van der Waals surface area contributed by atoms with E-state index in [4.69, 9.17) is 10.5 Å². The van der Waals surface area contributed by atoms with Crippen molar-refractivity contribution in [1.82, 2.24) is 4.90 Å². The molecule has 2 aromatic rings. The predicted octanol–water partition coefficient (Wildman–Crippen LogP) is 2.65. The standard InChI is InChI=1S/C15H18N2O2S/c1-9-3-4-12-11(7-9)13(16)14(20-12)15(18)17(2)10-5-6-19-8-10/h3-4,7,10H,5-6,8,16H2,1-2H3. The van der Waals surface area contributed by atoms with Gasteiger partial charge in [0.2, 0.25) is 0 Å². The summed E-state index contributed by atoms with van der Waals surface area (Å²) in [6.07, 6.45) is 0.895. The van der Waals surface area contributed by atoms with Gasteiger partial charge in [-0.2, -0.15) is 0 Å². The Morgan fingerprint density at radius 1 is 1.50 bits per heavy atom. The molecule has 1 fully saturated rings. The zero-order chi connectivity index (χ0) is 14.3. The van der Waals surface area contributed by atoms with Gasteiger partial charge in [-0.15, -0.1) is 11.3 Å². The minimum absolute atomic E-state index is 0.00291. The number of hydrogen-bond acceptors (Lipinski definition) is 4. The van der Waals surface area contributed by atoms with Crippen molar-refractivity contribution in [2.75, 3.05) is 26.0 Å². The number of aryl methyl sites for hydroxylation is 1. The summed E-state index contributed by atoms with van der Waals surface area (Å²) in [5.74, 6) is -0.00291. The number of carbonyl (C=O) groups is 1. The van der Waals surface area contributed by atoms with Crippen LogP contribution >= 0.6 is 11.3 Å². The van der Waals surface area contributed by atoms with Gasteiger partial charge in [0, 0.05) is 23.7 Å². The average molecular weight is 290 g/mol. The van der Waals surface area contributed by atoms with E-state index in [1.165, 1.54) is 11.3 Å². The molecular formula is C15H18N2O2S. The highest BCUT2D eigenvalue weighted by atomic mass is 32.1. The molecule has 1 saturated heterocycles. The molecule has 1 aliphatic rings. The van der Waals surface area contributed by atoms with Gasteiger partial charge < -0.3 is 15.4 Å². The first kappa shape index (κ1) is 13.4. The molecule has 2 N–H and O–H groups in total. The summed E-state index contributed by atoms with van der Waals surface area (Å²) in [4.78, 5) is 15.0. The van der Waals surface area contributed by atoms with Crippen LogP contribution in [0.1, 0.15) is 21.7 Å². The molecule has 0 saturated carbocycles. The molecule has 1 unspecified atom stereocenters. The normalized spacial score (nSPS) is 18.6. The summed E-state index contributed by atoms with van der Waals surface area (Å²) < 4.78 is 6.41. The van der Waals surface area contributed by atoms with Gasteiger partial charge in [-0.1, -0.05) is 11.6 Å². The highest BCUT2D eigenvalue weighted by Crippen LogP contribution is 2.35. The molecular weight excluding hydrogens is 272 g/mol. The van der Waals surface area contributed by atoms with Crippen molar-refractivity contribution in [1.29, 1.82) is 0 Å². The lowest BCUT2D eigenvalue weighted by atomic mass is 10.1. The van der Waals surface area contributed by atoms with Crippen molar-refractivity contribution >= 4 is 33.0 Å². The largest absolute Gasteiger partial charge is 0.397 e. The van der Waals surface area contributed by atoms with Crippen LogP contribution in [0.15, 0.2) is 18.2 Å². The van der Waals surface area contributed by atoms with E-state index in [2.05, 4.69) is 0 Å². The van der Waals surface area contributed by atoms with Gasteiger partial charge in [0.15, 0.2) is 0 Å². The Balaban J connectivity index is 1.96. The third-order valence-electron chi connectivity index (χ3n) is 3.85. The fraction of sp³-hybridized carbons (Fsp3) is 0.400. The smallest absolute Gasteiger partial charge is 0.266 e. The van der Waals surface area contributed by atoms with Crippen LogP contribution in [0.4, 0.5) is 5.69 Å². The lowest BCUT2D eigenvalue weighted by Gasteiger charge is -2.22. The quantitative estimate of drug-likeness (QED) is 0.925. The van der Waals surface area contributed by atoms with Crippen LogP contribution in [0.5, 0.6) is 0 Å². The molecule has 1 atom stereocenters. The molecule has 1 amide bonds. The lowest BCUT2D eigenvalue weighted by Crippen LogP contribution is -2.37. The summed E-state index contributed by atoms with van der Waals surface area (Å²) >= 11 is 1.47. The topological polar surface area (TPSA) is 55.6 Å². The van der Waals surface area contributed by atoms with Crippen LogP contribution in [0.2, 0.25) is 0 Å². The summed E-state index contributed by atoms with van der Waals surface area (Å²) in [5, 5.41) is 0.981. The molecule has 1 aromatic carbocycles. The second-order valence-corrected chi connectivity index (χ2v) is 6.33. The number of thiophene rings is 1. The van der Waals surface area contributed by atoms with Crippen LogP contribution in [0.3, 0.4) is 0 Å². The predicted molar refractivity (Wildman–Crippen MR) is 82.3 cm³/mol. The Hall–Kier alpha value is -1.59. The summed E-state index contributed by atoms with van der Waals surface area (Å²) in [6, 6.07) is 6.27. The number of fused-ring (bicyclic) bond motifs is 1. The van der Waals surface area contributed by atoms with Crippen molar-refractivity contribution in [3.05, 3.63) is 28.6 Å². The molecule has 5 heteroatoms. The Labute approximate surface area is 122 Å². The molecule has 0 aliphatic carbocycles. The zero-order valence-electron chi connectivity index (χ0n) is 11.7. The number of anilines is 1. The van der Waals surface area contributed by atoms with Crippen LogP contribution in [-0.4, -0.2) is 37.1 Å². The number of rotatable bonds is 2. The van der Waals surface area contributed by atoms with Crippen LogP contribution in [0.25, 0.3) is 10.1 Å². The van der Waals surface area contributed by atoms with Crippen LogP contribution in [0, 0.1) is 6.92 Å². The van der Waals surface area contributed by atoms with Crippen molar-refractivity contribution in [2.45, 2.75) is 19.4 Å². The van der Waals surface area contributed by atoms with Gasteiger partial charge in [-0.05, 0) is 25.5 Å². The average Bonchev–Trinajstić information content (AvgIpc) is 3.06. The van der Waals surface area contributed by atoms with Gasteiger partial charge in [-0.25, -0.2) is 0 Å². The Bertz CT molecular complexity index is 659. The van der Waals surface area contributed by atoms with Crippen molar-refractivity contribution in [3.63, 3.8) is 0 Å².